The Kier molecular flexibility index (Phi) is 3.24. The highest BCUT2D eigenvalue weighted by atomic mass is 19.4. The monoisotopic (exact) mass is 280 g/mol. The van der Waals surface area contributed by atoms with Crippen LogP contribution in [0.3, 0.4) is 0 Å². The maximum atomic E-state index is 13.0. The van der Waals surface area contributed by atoms with Crippen LogP contribution in [0.1, 0.15) is 12.8 Å². The molecule has 5 nitrogen and oxygen atoms in total. The standard InChI is InChI=1S/C11H15F3N2O3/c1-15-4-2-7(8(15)17)16-5-3-10(6-16,9(18)19)11(12,13)14/h7H,2-6H2,1H3,(H,18,19). The number of likely N-dealkylation sites (tertiary alicyclic amines) is 2. The smallest absolute Gasteiger partial charge is 0.406 e. The summed E-state index contributed by atoms with van der Waals surface area (Å²) in [6, 6.07) is -0.617. The first-order valence-corrected chi connectivity index (χ1v) is 5.98. The fraction of sp³-hybridized carbons (Fsp3) is 0.818. The number of hydrogen-bond acceptors (Lipinski definition) is 3. The Bertz CT molecular complexity index is 412. The van der Waals surface area contributed by atoms with E-state index in [-0.39, 0.29) is 12.5 Å². The first-order chi connectivity index (χ1) is 8.69. The average Bonchev–Trinajstić information content (AvgIpc) is 2.85. The SMILES string of the molecule is CN1CCC(N2CCC(C(=O)O)(C(F)(F)F)C2)C1=O. The minimum atomic E-state index is -4.80. The van der Waals surface area contributed by atoms with E-state index in [9.17, 15) is 22.8 Å². The van der Waals surface area contributed by atoms with Crippen LogP contribution in [0.5, 0.6) is 0 Å². The van der Waals surface area contributed by atoms with Crippen LogP contribution >= 0.6 is 0 Å². The molecule has 2 atom stereocenters. The number of alkyl halides is 3. The van der Waals surface area contributed by atoms with Crippen molar-refractivity contribution in [2.75, 3.05) is 26.7 Å². The van der Waals surface area contributed by atoms with Crippen molar-refractivity contribution < 1.29 is 27.9 Å². The molecule has 0 aromatic rings. The van der Waals surface area contributed by atoms with Crippen molar-refractivity contribution in [2.24, 2.45) is 5.41 Å². The van der Waals surface area contributed by atoms with Crippen LogP contribution in [0.2, 0.25) is 0 Å². The fourth-order valence-corrected chi connectivity index (χ4v) is 2.78. The number of rotatable bonds is 2. The summed E-state index contributed by atoms with van der Waals surface area (Å²) in [6.45, 7) is -0.168. The van der Waals surface area contributed by atoms with Gasteiger partial charge in [0.05, 0.1) is 6.04 Å². The summed E-state index contributed by atoms with van der Waals surface area (Å²) >= 11 is 0. The minimum Gasteiger partial charge on any atom is -0.481 e. The van der Waals surface area contributed by atoms with E-state index in [4.69, 9.17) is 5.11 Å². The third-order valence-corrected chi connectivity index (χ3v) is 4.09. The van der Waals surface area contributed by atoms with Gasteiger partial charge in [0, 0.05) is 26.7 Å². The van der Waals surface area contributed by atoms with E-state index < -0.39 is 36.6 Å². The number of carboxylic acids is 1. The molecule has 8 heteroatoms. The van der Waals surface area contributed by atoms with Gasteiger partial charge in [0.25, 0.3) is 0 Å². The van der Waals surface area contributed by atoms with Crippen LogP contribution in [-0.4, -0.2) is 65.7 Å². The van der Waals surface area contributed by atoms with Crippen molar-refractivity contribution in [1.29, 1.82) is 0 Å². The molecule has 19 heavy (non-hydrogen) atoms. The van der Waals surface area contributed by atoms with Crippen molar-refractivity contribution in [3.8, 4) is 0 Å². The summed E-state index contributed by atoms with van der Waals surface area (Å²) in [5, 5.41) is 8.94. The maximum Gasteiger partial charge on any atom is 0.406 e. The number of carbonyl (C=O) groups is 2. The van der Waals surface area contributed by atoms with Crippen molar-refractivity contribution in [2.45, 2.75) is 25.1 Å². The predicted octanol–water partition coefficient (Wildman–Crippen LogP) is 0.556. The molecule has 1 amide bonds. The summed E-state index contributed by atoms with van der Waals surface area (Å²) in [5.41, 5.74) is -2.74. The van der Waals surface area contributed by atoms with E-state index in [2.05, 4.69) is 0 Å². The maximum absolute atomic E-state index is 13.0. The number of carbonyl (C=O) groups excluding carboxylic acids is 1. The minimum absolute atomic E-state index is 0.0178. The molecular weight excluding hydrogens is 265 g/mol. The second-order valence-electron chi connectivity index (χ2n) is 5.17. The van der Waals surface area contributed by atoms with E-state index >= 15 is 0 Å². The largest absolute Gasteiger partial charge is 0.481 e. The molecule has 0 aliphatic carbocycles. The Hall–Kier alpha value is -1.31. The van der Waals surface area contributed by atoms with E-state index in [0.717, 1.165) is 0 Å². The topological polar surface area (TPSA) is 60.9 Å². The van der Waals surface area contributed by atoms with Crippen molar-refractivity contribution in [3.63, 3.8) is 0 Å². The third-order valence-electron chi connectivity index (χ3n) is 4.09. The number of likely N-dealkylation sites (N-methyl/N-ethyl adjacent to an activating group) is 1. The Labute approximate surface area is 108 Å². The lowest BCUT2D eigenvalue weighted by molar-refractivity contribution is -0.228. The lowest BCUT2D eigenvalue weighted by Gasteiger charge is -2.28. The van der Waals surface area contributed by atoms with E-state index in [0.29, 0.717) is 13.0 Å². The van der Waals surface area contributed by atoms with Crippen LogP contribution < -0.4 is 0 Å². The number of amides is 1. The summed E-state index contributed by atoms with van der Waals surface area (Å²) in [6.07, 6.45) is -4.86. The van der Waals surface area contributed by atoms with E-state index in [1.807, 2.05) is 0 Å². The van der Waals surface area contributed by atoms with Crippen molar-refractivity contribution >= 4 is 11.9 Å². The van der Waals surface area contributed by atoms with Gasteiger partial charge in [0.1, 0.15) is 0 Å². The summed E-state index contributed by atoms with van der Waals surface area (Å²) < 4.78 is 39.0. The van der Waals surface area contributed by atoms with E-state index in [1.165, 1.54) is 9.80 Å². The van der Waals surface area contributed by atoms with Gasteiger partial charge in [-0.1, -0.05) is 0 Å². The molecule has 0 spiro atoms. The van der Waals surface area contributed by atoms with Crippen LogP contribution in [-0.2, 0) is 9.59 Å². The molecule has 2 unspecified atom stereocenters. The van der Waals surface area contributed by atoms with Crippen LogP contribution in [0.15, 0.2) is 0 Å². The van der Waals surface area contributed by atoms with Gasteiger partial charge in [-0.05, 0) is 12.8 Å². The summed E-state index contributed by atoms with van der Waals surface area (Å²) in [4.78, 5) is 25.6. The van der Waals surface area contributed by atoms with Crippen LogP contribution in [0.4, 0.5) is 13.2 Å². The van der Waals surface area contributed by atoms with Gasteiger partial charge >= 0.3 is 12.1 Å². The molecule has 0 aromatic heterocycles. The molecule has 0 aromatic carbocycles. The lowest BCUT2D eigenvalue weighted by atomic mass is 9.86. The van der Waals surface area contributed by atoms with Gasteiger partial charge in [0.15, 0.2) is 5.41 Å². The molecule has 2 fully saturated rings. The average molecular weight is 280 g/mol. The predicted molar refractivity (Wildman–Crippen MR) is 58.4 cm³/mol. The molecular formula is C11H15F3N2O3. The number of halogens is 3. The summed E-state index contributed by atoms with van der Waals surface area (Å²) in [7, 11) is 1.59. The number of hydrogen-bond donors (Lipinski definition) is 1. The van der Waals surface area contributed by atoms with Crippen LogP contribution in [0, 0.1) is 5.41 Å². The Morgan fingerprint density at radius 2 is 2.05 bits per heavy atom. The van der Waals surface area contributed by atoms with Crippen LogP contribution in [0.25, 0.3) is 0 Å². The second kappa shape index (κ2) is 4.36. The zero-order chi connectivity index (χ0) is 14.4. The molecule has 2 rings (SSSR count). The van der Waals surface area contributed by atoms with Crippen molar-refractivity contribution in [1.82, 2.24) is 9.80 Å². The molecule has 0 bridgehead atoms. The second-order valence-corrected chi connectivity index (χ2v) is 5.17. The zero-order valence-electron chi connectivity index (χ0n) is 10.4. The number of nitrogens with zero attached hydrogens (tertiary/aromatic N) is 2. The highest BCUT2D eigenvalue weighted by Gasteiger charge is 2.64. The van der Waals surface area contributed by atoms with Gasteiger partial charge < -0.3 is 10.0 Å². The molecule has 108 valence electrons. The molecule has 1 N–H and O–H groups in total. The zero-order valence-corrected chi connectivity index (χ0v) is 10.4. The van der Waals surface area contributed by atoms with Gasteiger partial charge in [-0.25, -0.2) is 0 Å². The molecule has 2 aliphatic rings. The quantitative estimate of drug-likeness (QED) is 0.802. The first-order valence-electron chi connectivity index (χ1n) is 5.98. The Balaban J connectivity index is 2.19. The van der Waals surface area contributed by atoms with Gasteiger partial charge in [0.2, 0.25) is 5.91 Å². The van der Waals surface area contributed by atoms with Gasteiger partial charge in [-0.2, -0.15) is 13.2 Å². The summed E-state index contributed by atoms with van der Waals surface area (Å²) in [5.74, 6) is -2.09. The van der Waals surface area contributed by atoms with E-state index in [1.54, 1.807) is 7.05 Å². The molecule has 0 radical (unpaired) electrons. The molecule has 2 aliphatic heterocycles. The molecule has 2 saturated heterocycles. The van der Waals surface area contributed by atoms with Crippen molar-refractivity contribution in [3.05, 3.63) is 0 Å². The molecule has 0 saturated carbocycles. The number of carboxylic acid groups (broad SMARTS) is 1. The highest BCUT2D eigenvalue weighted by molar-refractivity contribution is 5.84. The lowest BCUT2D eigenvalue weighted by Crippen LogP contribution is -2.49. The molecule has 2 heterocycles. The Morgan fingerprint density at radius 3 is 2.42 bits per heavy atom. The van der Waals surface area contributed by atoms with Gasteiger partial charge in [-0.15, -0.1) is 0 Å². The number of aliphatic carboxylic acids is 1. The Morgan fingerprint density at radius 1 is 1.42 bits per heavy atom. The van der Waals surface area contributed by atoms with Gasteiger partial charge in [-0.3, -0.25) is 14.5 Å². The highest BCUT2D eigenvalue weighted by Crippen LogP contribution is 2.46. The normalized spacial score (nSPS) is 33.2. The third kappa shape index (κ3) is 2.07. The fourth-order valence-electron chi connectivity index (χ4n) is 2.78. The first kappa shape index (κ1) is 14.1.